The third-order valence-electron chi connectivity index (χ3n) is 3.94. The largest absolute Gasteiger partial charge is 0.461 e. The number of aryl methyl sites for hydroxylation is 2. The fraction of sp³-hybridized carbons (Fsp3) is 0.474. The summed E-state index contributed by atoms with van der Waals surface area (Å²) in [6.45, 7) is 13.2. The SMILES string of the molecule is CCOC(=O)c1cc(C(C)(C)C)nn1Cc1ccc(C)c(C)c1. The van der Waals surface area contributed by atoms with Crippen LogP contribution in [-0.2, 0) is 16.7 Å². The first-order chi connectivity index (χ1) is 10.7. The van der Waals surface area contributed by atoms with Gasteiger partial charge in [-0.25, -0.2) is 4.79 Å². The molecule has 4 nitrogen and oxygen atoms in total. The van der Waals surface area contributed by atoms with E-state index in [0.717, 1.165) is 11.3 Å². The van der Waals surface area contributed by atoms with E-state index in [0.29, 0.717) is 18.8 Å². The third kappa shape index (κ3) is 4.01. The van der Waals surface area contributed by atoms with E-state index in [-0.39, 0.29) is 11.4 Å². The van der Waals surface area contributed by atoms with Crippen LogP contribution in [0.1, 0.15) is 60.6 Å². The fourth-order valence-corrected chi connectivity index (χ4v) is 2.35. The molecular weight excluding hydrogens is 288 g/mol. The maximum absolute atomic E-state index is 12.2. The highest BCUT2D eigenvalue weighted by Crippen LogP contribution is 2.23. The molecule has 1 aromatic heterocycles. The van der Waals surface area contributed by atoms with Crippen LogP contribution in [0.2, 0.25) is 0 Å². The average molecular weight is 314 g/mol. The normalized spacial score (nSPS) is 11.6. The molecule has 2 aromatic rings. The Balaban J connectivity index is 2.40. The zero-order valence-electron chi connectivity index (χ0n) is 14.9. The summed E-state index contributed by atoms with van der Waals surface area (Å²) < 4.78 is 6.93. The Morgan fingerprint density at radius 2 is 1.87 bits per heavy atom. The van der Waals surface area contributed by atoms with Crippen LogP contribution in [0.25, 0.3) is 0 Å². The van der Waals surface area contributed by atoms with Gasteiger partial charge < -0.3 is 4.74 Å². The summed E-state index contributed by atoms with van der Waals surface area (Å²) in [6.07, 6.45) is 0. The lowest BCUT2D eigenvalue weighted by Crippen LogP contribution is -2.15. The van der Waals surface area contributed by atoms with E-state index in [1.807, 2.05) is 13.0 Å². The Hall–Kier alpha value is -2.10. The Morgan fingerprint density at radius 3 is 2.43 bits per heavy atom. The second-order valence-electron chi connectivity index (χ2n) is 6.96. The van der Waals surface area contributed by atoms with Gasteiger partial charge in [-0.1, -0.05) is 39.0 Å². The number of rotatable bonds is 4. The molecule has 2 rings (SSSR count). The highest BCUT2D eigenvalue weighted by Gasteiger charge is 2.23. The van der Waals surface area contributed by atoms with E-state index in [1.165, 1.54) is 11.1 Å². The predicted molar refractivity (Wildman–Crippen MR) is 91.9 cm³/mol. The number of carbonyl (C=O) groups excluding carboxylic acids is 1. The number of esters is 1. The molecular formula is C19H26N2O2. The van der Waals surface area contributed by atoms with Crippen LogP contribution < -0.4 is 0 Å². The molecule has 1 heterocycles. The zero-order chi connectivity index (χ0) is 17.2. The molecule has 124 valence electrons. The standard InChI is InChI=1S/C19H26N2O2/c1-7-23-18(22)16-11-17(19(4,5)6)20-21(16)12-15-9-8-13(2)14(3)10-15/h8-11H,7,12H2,1-6H3. The second kappa shape index (κ2) is 6.57. The van der Waals surface area contributed by atoms with E-state index >= 15 is 0 Å². The summed E-state index contributed by atoms with van der Waals surface area (Å²) in [5, 5.41) is 4.65. The molecule has 0 radical (unpaired) electrons. The molecule has 23 heavy (non-hydrogen) atoms. The van der Waals surface area contributed by atoms with Crippen LogP contribution in [0.15, 0.2) is 24.3 Å². The molecule has 0 aliphatic rings. The quantitative estimate of drug-likeness (QED) is 0.801. The lowest BCUT2D eigenvalue weighted by atomic mass is 9.92. The first-order valence-electron chi connectivity index (χ1n) is 8.04. The molecule has 0 aliphatic heterocycles. The Bertz CT molecular complexity index is 709. The second-order valence-corrected chi connectivity index (χ2v) is 6.96. The summed E-state index contributed by atoms with van der Waals surface area (Å²) in [7, 11) is 0. The molecule has 0 unspecified atom stereocenters. The van der Waals surface area contributed by atoms with Gasteiger partial charge >= 0.3 is 5.97 Å². The maximum atomic E-state index is 12.2. The van der Waals surface area contributed by atoms with Crippen molar-refractivity contribution < 1.29 is 9.53 Å². The minimum atomic E-state index is -0.320. The number of ether oxygens (including phenoxy) is 1. The number of hydrogen-bond acceptors (Lipinski definition) is 3. The summed E-state index contributed by atoms with van der Waals surface area (Å²) >= 11 is 0. The lowest BCUT2D eigenvalue weighted by Gasteiger charge is -2.14. The van der Waals surface area contributed by atoms with Gasteiger partial charge in [0.15, 0.2) is 0 Å². The highest BCUT2D eigenvalue weighted by molar-refractivity contribution is 5.87. The Morgan fingerprint density at radius 1 is 1.17 bits per heavy atom. The van der Waals surface area contributed by atoms with Crippen molar-refractivity contribution in [1.82, 2.24) is 9.78 Å². The van der Waals surface area contributed by atoms with Gasteiger partial charge in [-0.05, 0) is 43.5 Å². The lowest BCUT2D eigenvalue weighted by molar-refractivity contribution is 0.0512. The smallest absolute Gasteiger partial charge is 0.356 e. The van der Waals surface area contributed by atoms with Crippen LogP contribution in [0.5, 0.6) is 0 Å². The molecule has 0 saturated carbocycles. The van der Waals surface area contributed by atoms with Crippen LogP contribution in [0.4, 0.5) is 0 Å². The van der Waals surface area contributed by atoms with Gasteiger partial charge in [0.1, 0.15) is 5.69 Å². The monoisotopic (exact) mass is 314 g/mol. The molecule has 0 saturated heterocycles. The van der Waals surface area contributed by atoms with E-state index in [9.17, 15) is 4.79 Å². The van der Waals surface area contributed by atoms with E-state index in [1.54, 1.807) is 4.68 Å². The first kappa shape index (κ1) is 17.3. The van der Waals surface area contributed by atoms with Gasteiger partial charge in [-0.15, -0.1) is 0 Å². The number of benzene rings is 1. The van der Waals surface area contributed by atoms with Crippen molar-refractivity contribution >= 4 is 5.97 Å². The van der Waals surface area contributed by atoms with Crippen molar-refractivity contribution in [3.63, 3.8) is 0 Å². The molecule has 0 N–H and O–H groups in total. The van der Waals surface area contributed by atoms with Gasteiger partial charge in [-0.2, -0.15) is 5.10 Å². The van der Waals surface area contributed by atoms with Crippen LogP contribution in [0, 0.1) is 13.8 Å². The van der Waals surface area contributed by atoms with E-state index in [4.69, 9.17) is 4.74 Å². The van der Waals surface area contributed by atoms with E-state index < -0.39 is 0 Å². The number of nitrogens with zero attached hydrogens (tertiary/aromatic N) is 2. The summed E-state index contributed by atoms with van der Waals surface area (Å²) in [5.74, 6) is -0.320. The minimum absolute atomic E-state index is 0.115. The number of carbonyl (C=O) groups is 1. The molecule has 1 aromatic carbocycles. The van der Waals surface area contributed by atoms with Crippen molar-refractivity contribution in [3.8, 4) is 0 Å². The molecule has 0 amide bonds. The van der Waals surface area contributed by atoms with Gasteiger partial charge in [0.2, 0.25) is 0 Å². The van der Waals surface area contributed by atoms with Gasteiger partial charge in [0, 0.05) is 5.41 Å². The maximum Gasteiger partial charge on any atom is 0.356 e. The molecule has 0 atom stereocenters. The number of hydrogen-bond donors (Lipinski definition) is 0. The van der Waals surface area contributed by atoms with Crippen LogP contribution >= 0.6 is 0 Å². The molecule has 0 aliphatic carbocycles. The summed E-state index contributed by atoms with van der Waals surface area (Å²) in [6, 6.07) is 8.17. The average Bonchev–Trinajstić information content (AvgIpc) is 2.87. The van der Waals surface area contributed by atoms with Crippen LogP contribution in [-0.4, -0.2) is 22.4 Å². The Labute approximate surface area is 138 Å². The molecule has 0 fully saturated rings. The molecule has 0 spiro atoms. The molecule has 0 bridgehead atoms. The third-order valence-corrected chi connectivity index (χ3v) is 3.94. The first-order valence-corrected chi connectivity index (χ1v) is 8.04. The van der Waals surface area contributed by atoms with Crippen molar-refractivity contribution in [1.29, 1.82) is 0 Å². The fourth-order valence-electron chi connectivity index (χ4n) is 2.35. The van der Waals surface area contributed by atoms with Crippen LogP contribution in [0.3, 0.4) is 0 Å². The van der Waals surface area contributed by atoms with Crippen molar-refractivity contribution in [2.24, 2.45) is 0 Å². The van der Waals surface area contributed by atoms with Crippen molar-refractivity contribution in [2.75, 3.05) is 6.61 Å². The predicted octanol–water partition coefficient (Wildman–Crippen LogP) is 4.02. The van der Waals surface area contributed by atoms with Gasteiger partial charge in [0.05, 0.1) is 18.8 Å². The van der Waals surface area contributed by atoms with Crippen molar-refractivity contribution in [2.45, 2.75) is 53.5 Å². The summed E-state index contributed by atoms with van der Waals surface area (Å²) in [5.41, 5.74) is 4.91. The Kier molecular flexibility index (Phi) is 4.93. The van der Waals surface area contributed by atoms with E-state index in [2.05, 4.69) is 57.9 Å². The zero-order valence-corrected chi connectivity index (χ0v) is 14.9. The van der Waals surface area contributed by atoms with Gasteiger partial charge in [-0.3, -0.25) is 4.68 Å². The summed E-state index contributed by atoms with van der Waals surface area (Å²) in [4.78, 5) is 12.2. The van der Waals surface area contributed by atoms with Crippen molar-refractivity contribution in [3.05, 3.63) is 52.3 Å². The topological polar surface area (TPSA) is 44.1 Å². The minimum Gasteiger partial charge on any atom is -0.461 e. The number of aromatic nitrogens is 2. The van der Waals surface area contributed by atoms with Gasteiger partial charge in [0.25, 0.3) is 0 Å². The molecule has 4 heteroatoms. The highest BCUT2D eigenvalue weighted by atomic mass is 16.5.